The van der Waals surface area contributed by atoms with Gasteiger partial charge in [0.05, 0.1) is 18.8 Å². The van der Waals surface area contributed by atoms with E-state index in [-0.39, 0.29) is 17.8 Å². The number of carbonyl (C=O) groups is 1. The maximum atomic E-state index is 12.3. The predicted molar refractivity (Wildman–Crippen MR) is 76.4 cm³/mol. The maximum Gasteiger partial charge on any atom is 0.239 e. The smallest absolute Gasteiger partial charge is 0.239 e. The third kappa shape index (κ3) is 3.71. The van der Waals surface area contributed by atoms with Gasteiger partial charge in [-0.1, -0.05) is 19.1 Å². The zero-order chi connectivity index (χ0) is 14.5. The van der Waals surface area contributed by atoms with Crippen LogP contribution in [0.15, 0.2) is 24.3 Å². The Morgan fingerprint density at radius 3 is 2.85 bits per heavy atom. The molecule has 0 aromatic heterocycles. The standard InChI is InChI=1S/C15H22N2O3/c1-2-13-10-17(7-8-20-13)15(19)14(16)9-11-3-5-12(18)6-4-11/h3-6,13-14,18H,2,7-10,16H2,1H3. The highest BCUT2D eigenvalue weighted by molar-refractivity contribution is 5.82. The summed E-state index contributed by atoms with van der Waals surface area (Å²) >= 11 is 0. The lowest BCUT2D eigenvalue weighted by molar-refractivity contribution is -0.140. The summed E-state index contributed by atoms with van der Waals surface area (Å²) in [6.45, 7) is 3.86. The van der Waals surface area contributed by atoms with E-state index in [9.17, 15) is 9.90 Å². The Morgan fingerprint density at radius 1 is 1.50 bits per heavy atom. The largest absolute Gasteiger partial charge is 0.508 e. The normalized spacial score (nSPS) is 20.7. The van der Waals surface area contributed by atoms with E-state index in [0.717, 1.165) is 12.0 Å². The zero-order valence-electron chi connectivity index (χ0n) is 11.8. The molecule has 5 heteroatoms. The highest BCUT2D eigenvalue weighted by Gasteiger charge is 2.26. The van der Waals surface area contributed by atoms with E-state index >= 15 is 0 Å². The third-order valence-electron chi connectivity index (χ3n) is 3.61. The number of aromatic hydroxyl groups is 1. The maximum absolute atomic E-state index is 12.3. The highest BCUT2D eigenvalue weighted by atomic mass is 16.5. The number of phenols is 1. The lowest BCUT2D eigenvalue weighted by Gasteiger charge is -2.34. The van der Waals surface area contributed by atoms with Gasteiger partial charge in [0.1, 0.15) is 5.75 Å². The van der Waals surface area contributed by atoms with E-state index in [1.165, 1.54) is 0 Å². The van der Waals surface area contributed by atoms with Crippen molar-refractivity contribution < 1.29 is 14.6 Å². The molecule has 110 valence electrons. The molecule has 1 fully saturated rings. The van der Waals surface area contributed by atoms with Crippen molar-refractivity contribution in [3.63, 3.8) is 0 Å². The van der Waals surface area contributed by atoms with Crippen LogP contribution in [-0.4, -0.2) is 47.8 Å². The summed E-state index contributed by atoms with van der Waals surface area (Å²) < 4.78 is 5.56. The number of carbonyl (C=O) groups excluding carboxylic acids is 1. The van der Waals surface area contributed by atoms with Crippen LogP contribution in [0.25, 0.3) is 0 Å². The lowest BCUT2D eigenvalue weighted by Crippen LogP contribution is -2.51. The van der Waals surface area contributed by atoms with E-state index in [1.54, 1.807) is 29.2 Å². The monoisotopic (exact) mass is 278 g/mol. The molecule has 5 nitrogen and oxygen atoms in total. The summed E-state index contributed by atoms with van der Waals surface area (Å²) in [4.78, 5) is 14.1. The molecule has 1 aliphatic rings. The Bertz CT molecular complexity index is 447. The Morgan fingerprint density at radius 2 is 2.20 bits per heavy atom. The second-order valence-corrected chi connectivity index (χ2v) is 5.16. The molecule has 1 aromatic rings. The van der Waals surface area contributed by atoms with Crippen molar-refractivity contribution >= 4 is 5.91 Å². The Labute approximate surface area is 119 Å². The van der Waals surface area contributed by atoms with Gasteiger partial charge in [-0.05, 0) is 30.5 Å². The average Bonchev–Trinajstić information content (AvgIpc) is 2.48. The van der Waals surface area contributed by atoms with Gasteiger partial charge in [-0.2, -0.15) is 0 Å². The number of hydrogen-bond acceptors (Lipinski definition) is 4. The summed E-state index contributed by atoms with van der Waals surface area (Å²) in [5.74, 6) is 0.187. The molecule has 0 aliphatic carbocycles. The number of amides is 1. The second kappa shape index (κ2) is 6.72. The molecule has 1 aliphatic heterocycles. The van der Waals surface area contributed by atoms with Gasteiger partial charge in [0.15, 0.2) is 0 Å². The number of nitrogens with zero attached hydrogens (tertiary/aromatic N) is 1. The fraction of sp³-hybridized carbons (Fsp3) is 0.533. The number of rotatable bonds is 4. The lowest BCUT2D eigenvalue weighted by atomic mass is 10.0. The van der Waals surface area contributed by atoms with Gasteiger partial charge in [0, 0.05) is 13.1 Å². The summed E-state index contributed by atoms with van der Waals surface area (Å²) in [5, 5.41) is 9.24. The first kappa shape index (κ1) is 14.8. The molecule has 0 radical (unpaired) electrons. The Hall–Kier alpha value is -1.59. The topological polar surface area (TPSA) is 75.8 Å². The SMILES string of the molecule is CCC1CN(C(=O)C(N)Cc2ccc(O)cc2)CCO1. The van der Waals surface area contributed by atoms with Crippen LogP contribution >= 0.6 is 0 Å². The van der Waals surface area contributed by atoms with Crippen molar-refractivity contribution in [3.05, 3.63) is 29.8 Å². The van der Waals surface area contributed by atoms with Crippen LogP contribution < -0.4 is 5.73 Å². The zero-order valence-corrected chi connectivity index (χ0v) is 11.8. The molecule has 2 rings (SSSR count). The van der Waals surface area contributed by atoms with Gasteiger partial charge in [-0.3, -0.25) is 4.79 Å². The quantitative estimate of drug-likeness (QED) is 0.858. The minimum atomic E-state index is -0.546. The van der Waals surface area contributed by atoms with E-state index in [2.05, 4.69) is 6.92 Å². The number of nitrogens with two attached hydrogens (primary N) is 1. The van der Waals surface area contributed by atoms with Crippen LogP contribution in [0.5, 0.6) is 5.75 Å². The van der Waals surface area contributed by atoms with Crippen LogP contribution in [0.4, 0.5) is 0 Å². The Balaban J connectivity index is 1.92. The van der Waals surface area contributed by atoms with Gasteiger partial charge in [-0.15, -0.1) is 0 Å². The first-order valence-corrected chi connectivity index (χ1v) is 7.04. The molecule has 0 spiro atoms. The molecule has 2 unspecified atom stereocenters. The molecule has 3 N–H and O–H groups in total. The van der Waals surface area contributed by atoms with Crippen LogP contribution in [0.2, 0.25) is 0 Å². The van der Waals surface area contributed by atoms with Crippen molar-refractivity contribution in [2.24, 2.45) is 5.73 Å². The molecule has 1 amide bonds. The van der Waals surface area contributed by atoms with Crippen molar-refractivity contribution in [2.45, 2.75) is 31.9 Å². The molecule has 2 atom stereocenters. The van der Waals surface area contributed by atoms with E-state index in [4.69, 9.17) is 10.5 Å². The number of morpholine rings is 1. The summed E-state index contributed by atoms with van der Waals surface area (Å²) in [5.41, 5.74) is 6.96. The van der Waals surface area contributed by atoms with Crippen LogP contribution in [0.1, 0.15) is 18.9 Å². The number of ether oxygens (including phenoxy) is 1. The van der Waals surface area contributed by atoms with Crippen LogP contribution in [-0.2, 0) is 16.0 Å². The van der Waals surface area contributed by atoms with E-state index in [0.29, 0.717) is 26.1 Å². The molecule has 0 bridgehead atoms. The van der Waals surface area contributed by atoms with Gasteiger partial charge in [-0.25, -0.2) is 0 Å². The fourth-order valence-electron chi connectivity index (χ4n) is 2.37. The summed E-state index contributed by atoms with van der Waals surface area (Å²) in [6.07, 6.45) is 1.50. The molecular formula is C15H22N2O3. The minimum Gasteiger partial charge on any atom is -0.508 e. The molecule has 0 saturated carbocycles. The van der Waals surface area contributed by atoms with E-state index < -0.39 is 6.04 Å². The summed E-state index contributed by atoms with van der Waals surface area (Å²) in [6, 6.07) is 6.24. The molecule has 1 aromatic carbocycles. The first-order valence-electron chi connectivity index (χ1n) is 7.04. The van der Waals surface area contributed by atoms with Gasteiger partial charge in [0.2, 0.25) is 5.91 Å². The van der Waals surface area contributed by atoms with Crippen molar-refractivity contribution in [2.75, 3.05) is 19.7 Å². The molecular weight excluding hydrogens is 256 g/mol. The molecule has 1 saturated heterocycles. The number of hydrogen-bond donors (Lipinski definition) is 2. The van der Waals surface area contributed by atoms with Crippen molar-refractivity contribution in [3.8, 4) is 5.75 Å². The summed E-state index contributed by atoms with van der Waals surface area (Å²) in [7, 11) is 0. The van der Waals surface area contributed by atoms with E-state index in [1.807, 2.05) is 0 Å². The fourth-order valence-corrected chi connectivity index (χ4v) is 2.37. The first-order chi connectivity index (χ1) is 9.60. The highest BCUT2D eigenvalue weighted by Crippen LogP contribution is 2.13. The number of benzene rings is 1. The minimum absolute atomic E-state index is 0.0279. The average molecular weight is 278 g/mol. The third-order valence-corrected chi connectivity index (χ3v) is 3.61. The second-order valence-electron chi connectivity index (χ2n) is 5.16. The molecule has 20 heavy (non-hydrogen) atoms. The van der Waals surface area contributed by atoms with Gasteiger partial charge < -0.3 is 20.5 Å². The number of phenolic OH excluding ortho intramolecular Hbond substituents is 1. The van der Waals surface area contributed by atoms with Gasteiger partial charge in [0.25, 0.3) is 0 Å². The predicted octanol–water partition coefficient (Wildman–Crippen LogP) is 0.899. The van der Waals surface area contributed by atoms with Gasteiger partial charge >= 0.3 is 0 Å². The Kier molecular flexibility index (Phi) is 4.98. The van der Waals surface area contributed by atoms with Crippen LogP contribution in [0, 0.1) is 0 Å². The van der Waals surface area contributed by atoms with Crippen LogP contribution in [0.3, 0.4) is 0 Å². The van der Waals surface area contributed by atoms with Crippen molar-refractivity contribution in [1.82, 2.24) is 4.90 Å². The molecule has 1 heterocycles. The van der Waals surface area contributed by atoms with Crippen molar-refractivity contribution in [1.29, 1.82) is 0 Å².